The summed E-state index contributed by atoms with van der Waals surface area (Å²) >= 11 is 0. The van der Waals surface area contributed by atoms with Crippen LogP contribution < -0.4 is 9.80 Å². The zero-order chi connectivity index (χ0) is 20.5. The summed E-state index contributed by atoms with van der Waals surface area (Å²) < 4.78 is 0. The minimum atomic E-state index is 0.165. The second-order valence-corrected chi connectivity index (χ2v) is 8.60. The van der Waals surface area contributed by atoms with Gasteiger partial charge in [0.05, 0.1) is 6.42 Å². The molecule has 1 atom stereocenters. The number of benzene rings is 1. The lowest BCUT2D eigenvalue weighted by molar-refractivity contribution is -0.118. The largest absolute Gasteiger partial charge is 0.369 e. The number of hydrogen-bond acceptors (Lipinski definition) is 3. The Morgan fingerprint density at radius 2 is 2.13 bits per heavy atom. The van der Waals surface area contributed by atoms with Gasteiger partial charge in [0.15, 0.2) is 0 Å². The quantitative estimate of drug-likeness (QED) is 0.678. The molecule has 1 amide bonds. The predicted octanol–water partition coefficient (Wildman–Crippen LogP) is 4.85. The number of aromatic amines is 1. The maximum Gasteiger partial charge on any atom is 0.231 e. The lowest BCUT2D eigenvalue weighted by Gasteiger charge is -2.38. The first-order valence-electron chi connectivity index (χ1n) is 11.4. The molecule has 5 heteroatoms. The number of H-pyrrole nitrogens is 1. The first-order valence-corrected chi connectivity index (χ1v) is 11.4. The maximum atomic E-state index is 13.2. The smallest absolute Gasteiger partial charge is 0.231 e. The zero-order valence-corrected chi connectivity index (χ0v) is 17.7. The topological polar surface area (TPSA) is 52.2 Å². The van der Waals surface area contributed by atoms with Gasteiger partial charge in [-0.15, -0.1) is 0 Å². The highest BCUT2D eigenvalue weighted by molar-refractivity contribution is 5.98. The number of aryl methyl sites for hydroxylation is 1. The van der Waals surface area contributed by atoms with Gasteiger partial charge in [-0.25, -0.2) is 4.98 Å². The van der Waals surface area contributed by atoms with E-state index in [4.69, 9.17) is 0 Å². The molecule has 0 aliphatic carbocycles. The van der Waals surface area contributed by atoms with Crippen molar-refractivity contribution in [2.24, 2.45) is 0 Å². The highest BCUT2D eigenvalue weighted by Crippen LogP contribution is 2.34. The molecule has 0 radical (unpaired) electrons. The third kappa shape index (κ3) is 3.47. The van der Waals surface area contributed by atoms with E-state index in [1.165, 1.54) is 36.9 Å². The predicted molar refractivity (Wildman–Crippen MR) is 122 cm³/mol. The van der Waals surface area contributed by atoms with Gasteiger partial charge in [-0.1, -0.05) is 6.92 Å². The Hall–Kier alpha value is -2.82. The van der Waals surface area contributed by atoms with E-state index >= 15 is 0 Å². The fourth-order valence-electron chi connectivity index (χ4n) is 5.20. The van der Waals surface area contributed by atoms with Gasteiger partial charge < -0.3 is 14.8 Å². The number of carbonyl (C=O) groups is 1. The van der Waals surface area contributed by atoms with Crippen LogP contribution >= 0.6 is 0 Å². The average molecular weight is 403 g/mol. The van der Waals surface area contributed by atoms with E-state index in [9.17, 15) is 4.79 Å². The summed E-state index contributed by atoms with van der Waals surface area (Å²) in [5.74, 6) is 0.165. The second-order valence-electron chi connectivity index (χ2n) is 8.60. The van der Waals surface area contributed by atoms with Gasteiger partial charge in [-0.05, 0) is 80.0 Å². The average Bonchev–Trinajstić information content (AvgIpc) is 3.21. The molecule has 0 bridgehead atoms. The molecule has 2 aromatic heterocycles. The van der Waals surface area contributed by atoms with Crippen molar-refractivity contribution < 1.29 is 4.79 Å². The van der Waals surface area contributed by atoms with Crippen molar-refractivity contribution in [3.05, 3.63) is 53.9 Å². The molecule has 156 valence electrons. The number of aromatic nitrogens is 2. The van der Waals surface area contributed by atoms with E-state index in [1.807, 2.05) is 23.2 Å². The molecule has 4 heterocycles. The Bertz CT molecular complexity index is 1060. The SMILES string of the molecule is CC[C@@H]1CCCCN1c1ccc2c(c1)CCCN2C(=O)Cc1c[nH]c2ncccc12. The van der Waals surface area contributed by atoms with Gasteiger partial charge in [-0.3, -0.25) is 4.79 Å². The van der Waals surface area contributed by atoms with Crippen molar-refractivity contribution in [3.63, 3.8) is 0 Å². The lowest BCUT2D eigenvalue weighted by atomic mass is 9.96. The molecule has 0 spiro atoms. The number of nitrogens with one attached hydrogen (secondary N) is 1. The fraction of sp³-hybridized carbons (Fsp3) is 0.440. The summed E-state index contributed by atoms with van der Waals surface area (Å²) in [6, 6.07) is 11.4. The molecule has 1 N–H and O–H groups in total. The molecule has 2 aliphatic rings. The molecule has 0 unspecified atom stereocenters. The molecule has 2 aliphatic heterocycles. The van der Waals surface area contributed by atoms with E-state index in [2.05, 4.69) is 40.0 Å². The molecule has 30 heavy (non-hydrogen) atoms. The van der Waals surface area contributed by atoms with Gasteiger partial charge in [0.1, 0.15) is 5.65 Å². The first kappa shape index (κ1) is 19.2. The molecule has 5 rings (SSSR count). The summed E-state index contributed by atoms with van der Waals surface area (Å²) in [7, 11) is 0. The van der Waals surface area contributed by atoms with E-state index in [-0.39, 0.29) is 5.91 Å². The molecular weight excluding hydrogens is 372 g/mol. The summed E-state index contributed by atoms with van der Waals surface area (Å²) in [5, 5.41) is 1.04. The number of pyridine rings is 1. The molecule has 5 nitrogen and oxygen atoms in total. The van der Waals surface area contributed by atoms with E-state index in [0.717, 1.165) is 48.2 Å². The van der Waals surface area contributed by atoms with Crippen molar-refractivity contribution in [2.75, 3.05) is 22.9 Å². The van der Waals surface area contributed by atoms with Crippen molar-refractivity contribution in [3.8, 4) is 0 Å². The van der Waals surface area contributed by atoms with Crippen LogP contribution in [0.1, 0.15) is 50.2 Å². The van der Waals surface area contributed by atoms with Gasteiger partial charge in [0, 0.05) is 48.3 Å². The number of piperidine rings is 1. The number of hydrogen-bond donors (Lipinski definition) is 1. The van der Waals surface area contributed by atoms with Gasteiger partial charge in [-0.2, -0.15) is 0 Å². The van der Waals surface area contributed by atoms with Crippen LogP contribution in [0.25, 0.3) is 11.0 Å². The number of carbonyl (C=O) groups excluding carboxylic acids is 1. The fourth-order valence-corrected chi connectivity index (χ4v) is 5.20. The Labute approximate surface area is 178 Å². The van der Waals surface area contributed by atoms with Crippen LogP contribution in [0.5, 0.6) is 0 Å². The van der Waals surface area contributed by atoms with E-state index < -0.39 is 0 Å². The summed E-state index contributed by atoms with van der Waals surface area (Å²) in [6.07, 6.45) is 11.3. The third-order valence-corrected chi connectivity index (χ3v) is 6.79. The van der Waals surface area contributed by atoms with Crippen LogP contribution in [0.15, 0.2) is 42.7 Å². The van der Waals surface area contributed by atoms with Crippen molar-refractivity contribution in [1.29, 1.82) is 0 Å². The Balaban J connectivity index is 1.39. The van der Waals surface area contributed by atoms with Gasteiger partial charge >= 0.3 is 0 Å². The number of anilines is 2. The number of nitrogens with zero attached hydrogens (tertiary/aromatic N) is 3. The van der Waals surface area contributed by atoms with Gasteiger partial charge in [0.25, 0.3) is 0 Å². The van der Waals surface area contributed by atoms with E-state index in [1.54, 1.807) is 6.20 Å². The van der Waals surface area contributed by atoms with Crippen molar-refractivity contribution >= 4 is 28.3 Å². The van der Waals surface area contributed by atoms with Crippen LogP contribution in [0, 0.1) is 0 Å². The minimum absolute atomic E-state index is 0.165. The van der Waals surface area contributed by atoms with Crippen LogP contribution in [-0.2, 0) is 17.6 Å². The van der Waals surface area contributed by atoms with Crippen molar-refractivity contribution in [2.45, 2.75) is 57.9 Å². The molecular formula is C25H30N4O. The van der Waals surface area contributed by atoms with Gasteiger partial charge in [0.2, 0.25) is 5.91 Å². The molecule has 1 fully saturated rings. The third-order valence-electron chi connectivity index (χ3n) is 6.79. The Morgan fingerprint density at radius 3 is 3.03 bits per heavy atom. The summed E-state index contributed by atoms with van der Waals surface area (Å²) in [4.78, 5) is 25.3. The van der Waals surface area contributed by atoms with Crippen LogP contribution in [-0.4, -0.2) is 35.0 Å². The van der Waals surface area contributed by atoms with Crippen LogP contribution in [0.4, 0.5) is 11.4 Å². The maximum absolute atomic E-state index is 13.2. The Morgan fingerprint density at radius 1 is 1.20 bits per heavy atom. The first-order chi connectivity index (χ1) is 14.7. The number of fused-ring (bicyclic) bond motifs is 2. The molecule has 1 saturated heterocycles. The number of rotatable bonds is 4. The van der Waals surface area contributed by atoms with Crippen LogP contribution in [0.3, 0.4) is 0 Å². The molecule has 1 aromatic carbocycles. The normalized spacial score (nSPS) is 19.2. The summed E-state index contributed by atoms with van der Waals surface area (Å²) in [5.41, 5.74) is 5.60. The number of amides is 1. The monoisotopic (exact) mass is 402 g/mol. The standard InChI is InChI=1S/C25H30N4O/c1-2-20-8-3-4-13-28(20)21-10-11-23-18(15-21)7-6-14-29(23)24(30)16-19-17-27-25-22(19)9-5-12-26-25/h5,9-12,15,17,20H,2-4,6-8,13-14,16H2,1H3,(H,26,27)/t20-/m1/s1. The summed E-state index contributed by atoms with van der Waals surface area (Å²) in [6.45, 7) is 4.24. The minimum Gasteiger partial charge on any atom is -0.369 e. The molecule has 0 saturated carbocycles. The van der Waals surface area contributed by atoms with E-state index in [0.29, 0.717) is 12.5 Å². The Kier molecular flexibility index (Phi) is 5.19. The molecule has 3 aromatic rings. The second kappa shape index (κ2) is 8.13. The van der Waals surface area contributed by atoms with Crippen LogP contribution in [0.2, 0.25) is 0 Å². The van der Waals surface area contributed by atoms with Crippen molar-refractivity contribution in [1.82, 2.24) is 9.97 Å². The highest BCUT2D eigenvalue weighted by atomic mass is 16.2. The highest BCUT2D eigenvalue weighted by Gasteiger charge is 2.26. The zero-order valence-electron chi connectivity index (χ0n) is 17.7. The lowest BCUT2D eigenvalue weighted by Crippen LogP contribution is -2.40.